The van der Waals surface area contributed by atoms with E-state index in [1.165, 1.54) is 12.1 Å². The van der Waals surface area contributed by atoms with Gasteiger partial charge < -0.3 is 14.0 Å². The number of benzene rings is 2. The Bertz CT molecular complexity index is 1360. The van der Waals surface area contributed by atoms with Crippen molar-refractivity contribution < 1.29 is 22.3 Å². The molecule has 0 aliphatic carbocycles. The molecule has 0 atom stereocenters. The van der Waals surface area contributed by atoms with Crippen molar-refractivity contribution in [2.75, 3.05) is 11.3 Å². The van der Waals surface area contributed by atoms with Gasteiger partial charge in [0.15, 0.2) is 11.6 Å². The van der Waals surface area contributed by atoms with Gasteiger partial charge in [-0.1, -0.05) is 0 Å². The highest BCUT2D eigenvalue weighted by atomic mass is 32.2. The summed E-state index contributed by atoms with van der Waals surface area (Å²) in [6, 6.07) is 15.3. The molecule has 1 N–H and O–H groups in total. The lowest BCUT2D eigenvalue weighted by Gasteiger charge is -2.11. The van der Waals surface area contributed by atoms with Crippen LogP contribution in [-0.4, -0.2) is 29.6 Å². The average molecular weight is 469 g/mol. The Morgan fingerprint density at radius 3 is 2.42 bits per heavy atom. The summed E-state index contributed by atoms with van der Waals surface area (Å²) in [6.07, 6.45) is 3.73. The summed E-state index contributed by atoms with van der Waals surface area (Å²) in [6.45, 7) is 3.76. The molecule has 2 aromatic carbocycles. The molecule has 0 aliphatic rings. The van der Waals surface area contributed by atoms with Crippen molar-refractivity contribution >= 4 is 15.7 Å². The van der Waals surface area contributed by atoms with E-state index in [-0.39, 0.29) is 17.3 Å². The Balaban J connectivity index is 1.48. The fourth-order valence-electron chi connectivity index (χ4n) is 3.04. The van der Waals surface area contributed by atoms with Crippen molar-refractivity contribution in [2.24, 2.45) is 0 Å². The van der Waals surface area contributed by atoms with Crippen molar-refractivity contribution in [3.8, 4) is 23.2 Å². The summed E-state index contributed by atoms with van der Waals surface area (Å²) in [5.41, 5.74) is 0.295. The fraction of sp³-hybridized carbons (Fsp3) is 0.130. The molecule has 0 radical (unpaired) electrons. The van der Waals surface area contributed by atoms with E-state index in [2.05, 4.69) is 14.7 Å². The van der Waals surface area contributed by atoms with Gasteiger partial charge in [-0.3, -0.25) is 4.72 Å². The number of nitrogens with zero attached hydrogens (tertiary/aromatic N) is 3. The third-order valence-corrected chi connectivity index (χ3v) is 5.89. The van der Waals surface area contributed by atoms with Crippen molar-refractivity contribution in [3.05, 3.63) is 84.7 Å². The van der Waals surface area contributed by atoms with Crippen LogP contribution in [0.15, 0.2) is 78.0 Å². The van der Waals surface area contributed by atoms with E-state index in [1.807, 2.05) is 29.1 Å². The molecule has 0 amide bonds. The van der Waals surface area contributed by atoms with Gasteiger partial charge in [0, 0.05) is 24.1 Å². The Labute approximate surface area is 190 Å². The number of aryl methyl sites for hydroxylation is 1. The van der Waals surface area contributed by atoms with Crippen LogP contribution in [0.2, 0.25) is 0 Å². The molecule has 0 saturated carbocycles. The third kappa shape index (κ3) is 5.29. The number of sulfonamides is 1. The van der Waals surface area contributed by atoms with E-state index in [0.29, 0.717) is 29.0 Å². The highest BCUT2D eigenvalue weighted by Gasteiger charge is 2.17. The summed E-state index contributed by atoms with van der Waals surface area (Å²) in [5.74, 6) is 1.27. The van der Waals surface area contributed by atoms with Crippen molar-refractivity contribution in [1.82, 2.24) is 14.5 Å². The molecule has 0 fully saturated rings. The lowest BCUT2D eigenvalue weighted by molar-refractivity contribution is 0.321. The van der Waals surface area contributed by atoms with E-state index in [1.54, 1.807) is 44.2 Å². The predicted octanol–water partition coefficient (Wildman–Crippen LogP) is 4.71. The molecule has 4 aromatic rings. The van der Waals surface area contributed by atoms with Gasteiger partial charge in [0.05, 0.1) is 11.5 Å². The molecule has 0 bridgehead atoms. The van der Waals surface area contributed by atoms with Gasteiger partial charge in [0.2, 0.25) is 5.88 Å². The van der Waals surface area contributed by atoms with Crippen LogP contribution in [-0.2, 0) is 10.0 Å². The molecular formula is C23H21FN4O4S. The molecule has 10 heteroatoms. The zero-order valence-corrected chi connectivity index (χ0v) is 18.7. The SMILES string of the molecule is CCOc1ccc(S(=O)(=O)Nc2ccc(Oc3cc(-n4cccc4)nc(C)n3)cc2)cc1F. The fourth-order valence-corrected chi connectivity index (χ4v) is 4.11. The van der Waals surface area contributed by atoms with Crippen LogP contribution < -0.4 is 14.2 Å². The van der Waals surface area contributed by atoms with Gasteiger partial charge in [0.25, 0.3) is 10.0 Å². The van der Waals surface area contributed by atoms with Crippen molar-refractivity contribution in [2.45, 2.75) is 18.7 Å². The zero-order chi connectivity index (χ0) is 23.4. The second kappa shape index (κ2) is 9.29. The maximum absolute atomic E-state index is 14.1. The molecule has 8 nitrogen and oxygen atoms in total. The minimum Gasteiger partial charge on any atom is -0.491 e. The smallest absolute Gasteiger partial charge is 0.262 e. The monoisotopic (exact) mass is 468 g/mol. The topological polar surface area (TPSA) is 95.3 Å². The number of rotatable bonds is 8. The zero-order valence-electron chi connectivity index (χ0n) is 17.9. The van der Waals surface area contributed by atoms with E-state index in [9.17, 15) is 12.8 Å². The minimum absolute atomic E-state index is 0.00200. The van der Waals surface area contributed by atoms with Crippen LogP contribution in [0.5, 0.6) is 17.4 Å². The maximum atomic E-state index is 14.1. The first kappa shape index (κ1) is 22.3. The Morgan fingerprint density at radius 1 is 1.03 bits per heavy atom. The highest BCUT2D eigenvalue weighted by Crippen LogP contribution is 2.26. The number of hydrogen-bond acceptors (Lipinski definition) is 6. The van der Waals surface area contributed by atoms with Crippen LogP contribution in [0.25, 0.3) is 5.82 Å². The second-order valence-electron chi connectivity index (χ2n) is 6.96. The number of aromatic nitrogens is 3. The molecule has 33 heavy (non-hydrogen) atoms. The van der Waals surface area contributed by atoms with Crippen molar-refractivity contribution in [1.29, 1.82) is 0 Å². The molecule has 0 saturated heterocycles. The second-order valence-corrected chi connectivity index (χ2v) is 8.64. The summed E-state index contributed by atoms with van der Waals surface area (Å²) in [7, 11) is -3.99. The van der Waals surface area contributed by atoms with Crippen molar-refractivity contribution in [3.63, 3.8) is 0 Å². The largest absolute Gasteiger partial charge is 0.491 e. The van der Waals surface area contributed by atoms with Crippen LogP contribution in [0.1, 0.15) is 12.7 Å². The van der Waals surface area contributed by atoms with E-state index >= 15 is 0 Å². The number of anilines is 1. The highest BCUT2D eigenvalue weighted by molar-refractivity contribution is 7.92. The van der Waals surface area contributed by atoms with Gasteiger partial charge in [-0.25, -0.2) is 17.8 Å². The Hall–Kier alpha value is -3.92. The number of ether oxygens (including phenoxy) is 2. The summed E-state index contributed by atoms with van der Waals surface area (Å²) in [5, 5.41) is 0. The molecule has 0 unspecified atom stereocenters. The molecule has 2 aromatic heterocycles. The van der Waals surface area contributed by atoms with Crippen LogP contribution in [0, 0.1) is 12.7 Å². The summed E-state index contributed by atoms with van der Waals surface area (Å²) in [4.78, 5) is 8.46. The maximum Gasteiger partial charge on any atom is 0.262 e. The number of halogens is 1. The van der Waals surface area contributed by atoms with E-state index in [0.717, 1.165) is 6.07 Å². The minimum atomic E-state index is -3.99. The first-order chi connectivity index (χ1) is 15.8. The summed E-state index contributed by atoms with van der Waals surface area (Å²) >= 11 is 0. The molecule has 4 rings (SSSR count). The molecule has 170 valence electrons. The van der Waals surface area contributed by atoms with E-state index in [4.69, 9.17) is 9.47 Å². The quantitative estimate of drug-likeness (QED) is 0.403. The summed E-state index contributed by atoms with van der Waals surface area (Å²) < 4.78 is 54.5. The molecule has 0 spiro atoms. The Morgan fingerprint density at radius 2 is 1.76 bits per heavy atom. The lowest BCUT2D eigenvalue weighted by atomic mass is 10.3. The number of nitrogens with one attached hydrogen (secondary N) is 1. The first-order valence-corrected chi connectivity index (χ1v) is 11.5. The van der Waals surface area contributed by atoms with Gasteiger partial charge in [-0.05, 0) is 68.4 Å². The van der Waals surface area contributed by atoms with Crippen LogP contribution >= 0.6 is 0 Å². The molecule has 2 heterocycles. The normalized spacial score (nSPS) is 11.2. The first-order valence-electron chi connectivity index (χ1n) is 10.1. The average Bonchev–Trinajstić information content (AvgIpc) is 3.31. The third-order valence-electron chi connectivity index (χ3n) is 4.51. The van der Waals surface area contributed by atoms with Crippen LogP contribution in [0.4, 0.5) is 10.1 Å². The number of hydrogen-bond donors (Lipinski definition) is 1. The Kier molecular flexibility index (Phi) is 6.27. The van der Waals surface area contributed by atoms with Gasteiger partial charge in [-0.15, -0.1) is 0 Å². The van der Waals surface area contributed by atoms with E-state index < -0.39 is 15.8 Å². The lowest BCUT2D eigenvalue weighted by Crippen LogP contribution is -2.13. The van der Waals surface area contributed by atoms with Crippen LogP contribution in [0.3, 0.4) is 0 Å². The molecule has 0 aliphatic heterocycles. The predicted molar refractivity (Wildman–Crippen MR) is 121 cm³/mol. The standard InChI is InChI=1S/C23H21FN4O4S/c1-3-31-21-11-10-19(14-20(21)24)33(29,30)27-17-6-8-18(9-7-17)32-23-15-22(25-16(2)26-23)28-12-4-5-13-28/h4-15,27H,3H2,1-2H3. The molecular weight excluding hydrogens is 447 g/mol. The van der Waals surface area contributed by atoms with Gasteiger partial charge in [-0.2, -0.15) is 4.98 Å². The van der Waals surface area contributed by atoms with Gasteiger partial charge >= 0.3 is 0 Å². The van der Waals surface area contributed by atoms with Gasteiger partial charge in [0.1, 0.15) is 17.4 Å².